The zero-order valence-corrected chi connectivity index (χ0v) is 12.9. The van der Waals surface area contributed by atoms with Crippen molar-refractivity contribution >= 4 is 44.8 Å². The lowest BCUT2D eigenvalue weighted by Gasteiger charge is -2.09. The van der Waals surface area contributed by atoms with Gasteiger partial charge < -0.3 is 4.74 Å². The number of halogens is 3. The van der Waals surface area contributed by atoms with Gasteiger partial charge in [-0.2, -0.15) is 0 Å². The molecule has 0 aliphatic rings. The second-order valence-corrected chi connectivity index (χ2v) is 5.38. The highest BCUT2D eigenvalue weighted by Gasteiger charge is 2.20. The maximum atomic E-state index is 11.0. The molecule has 0 saturated heterocycles. The molecule has 0 aliphatic heterocycles. The van der Waals surface area contributed by atoms with E-state index in [9.17, 15) is 10.1 Å². The summed E-state index contributed by atoms with van der Waals surface area (Å²) in [5.74, 6) is 0.0966. The zero-order chi connectivity index (χ0) is 14.7. The van der Waals surface area contributed by atoms with Crippen molar-refractivity contribution in [2.75, 3.05) is 0 Å². The van der Waals surface area contributed by atoms with E-state index < -0.39 is 4.92 Å². The smallest absolute Gasteiger partial charge is 0.313 e. The van der Waals surface area contributed by atoms with Crippen molar-refractivity contribution < 1.29 is 9.66 Å². The van der Waals surface area contributed by atoms with E-state index in [0.29, 0.717) is 15.2 Å². The van der Waals surface area contributed by atoms with E-state index in [1.807, 2.05) is 0 Å². The first-order valence-electron chi connectivity index (χ1n) is 5.34. The van der Waals surface area contributed by atoms with E-state index in [-0.39, 0.29) is 23.1 Å². The number of nitro benzene ring substituents is 1. The average Bonchev–Trinajstić information content (AvgIpc) is 2.38. The second kappa shape index (κ2) is 6.39. The van der Waals surface area contributed by atoms with E-state index >= 15 is 0 Å². The van der Waals surface area contributed by atoms with Crippen LogP contribution in [-0.4, -0.2) is 9.91 Å². The quantitative estimate of drug-likeness (QED) is 0.442. The highest BCUT2D eigenvalue weighted by Crippen LogP contribution is 2.38. The standard InChI is InChI=1S/C12H7BrCl2N2O3/c13-9-4-8(14)5-10(17(18)19)11(9)20-6-7-2-1-3-16-12(7)15/h1-5H,6H2. The first-order chi connectivity index (χ1) is 9.49. The van der Waals surface area contributed by atoms with Crippen LogP contribution in [0.2, 0.25) is 10.2 Å². The molecular formula is C12H7BrCl2N2O3. The van der Waals surface area contributed by atoms with Crippen LogP contribution < -0.4 is 4.74 Å². The van der Waals surface area contributed by atoms with Gasteiger partial charge in [-0.1, -0.05) is 29.3 Å². The van der Waals surface area contributed by atoms with Gasteiger partial charge in [0.2, 0.25) is 5.75 Å². The van der Waals surface area contributed by atoms with Gasteiger partial charge in [0, 0.05) is 22.8 Å². The summed E-state index contributed by atoms with van der Waals surface area (Å²) in [6.07, 6.45) is 1.55. The molecule has 8 heteroatoms. The minimum absolute atomic E-state index is 0.0632. The van der Waals surface area contributed by atoms with Crippen molar-refractivity contribution in [2.45, 2.75) is 6.61 Å². The number of rotatable bonds is 4. The maximum Gasteiger partial charge on any atom is 0.313 e. The summed E-state index contributed by atoms with van der Waals surface area (Å²) in [6.45, 7) is 0.0632. The average molecular weight is 378 g/mol. The Bertz CT molecular complexity index is 667. The fraction of sp³-hybridized carbons (Fsp3) is 0.0833. The van der Waals surface area contributed by atoms with E-state index in [4.69, 9.17) is 27.9 Å². The predicted molar refractivity (Wildman–Crippen MR) is 79.4 cm³/mol. The van der Waals surface area contributed by atoms with Crippen molar-refractivity contribution in [3.63, 3.8) is 0 Å². The summed E-state index contributed by atoms with van der Waals surface area (Å²) in [5.41, 5.74) is 0.412. The molecule has 0 amide bonds. The molecule has 0 bridgehead atoms. The first-order valence-corrected chi connectivity index (χ1v) is 6.89. The molecule has 1 aromatic heterocycles. The van der Waals surface area contributed by atoms with E-state index in [0.717, 1.165) is 0 Å². The summed E-state index contributed by atoms with van der Waals surface area (Å²) in [5, 5.41) is 11.5. The molecule has 1 heterocycles. The summed E-state index contributed by atoms with van der Waals surface area (Å²) in [6, 6.07) is 6.18. The number of ether oxygens (including phenoxy) is 1. The molecule has 2 rings (SSSR count). The van der Waals surface area contributed by atoms with Gasteiger partial charge in [0.1, 0.15) is 11.8 Å². The van der Waals surface area contributed by atoms with Gasteiger partial charge in [-0.15, -0.1) is 0 Å². The molecular weight excluding hydrogens is 371 g/mol. The van der Waals surface area contributed by atoms with Gasteiger partial charge in [-0.3, -0.25) is 10.1 Å². The Morgan fingerprint density at radius 2 is 2.15 bits per heavy atom. The van der Waals surface area contributed by atoms with Crippen molar-refractivity contribution in [3.8, 4) is 5.75 Å². The number of benzene rings is 1. The lowest BCUT2D eigenvalue weighted by atomic mass is 10.3. The Morgan fingerprint density at radius 3 is 2.80 bits per heavy atom. The van der Waals surface area contributed by atoms with E-state index in [1.165, 1.54) is 12.1 Å². The molecule has 0 spiro atoms. The first kappa shape index (κ1) is 15.0. The fourth-order valence-corrected chi connectivity index (χ4v) is 2.58. The number of nitrogens with zero attached hydrogens (tertiary/aromatic N) is 2. The Morgan fingerprint density at radius 1 is 1.40 bits per heavy atom. The lowest BCUT2D eigenvalue weighted by molar-refractivity contribution is -0.386. The molecule has 0 unspecified atom stereocenters. The molecule has 5 nitrogen and oxygen atoms in total. The summed E-state index contributed by atoms with van der Waals surface area (Å²) in [4.78, 5) is 14.4. The van der Waals surface area contributed by atoms with Gasteiger partial charge in [0.05, 0.1) is 9.40 Å². The minimum Gasteiger partial charge on any atom is -0.481 e. The van der Waals surface area contributed by atoms with Crippen LogP contribution in [-0.2, 0) is 6.61 Å². The van der Waals surface area contributed by atoms with Crippen LogP contribution in [0.3, 0.4) is 0 Å². The second-order valence-electron chi connectivity index (χ2n) is 3.73. The third-order valence-corrected chi connectivity index (χ3v) is 3.54. The Kier molecular flexibility index (Phi) is 4.80. The minimum atomic E-state index is -0.559. The summed E-state index contributed by atoms with van der Waals surface area (Å²) < 4.78 is 5.88. The molecule has 1 aromatic carbocycles. The topological polar surface area (TPSA) is 65.3 Å². The third-order valence-electron chi connectivity index (χ3n) is 2.39. The molecule has 0 fully saturated rings. The van der Waals surface area contributed by atoms with Crippen LogP contribution in [0.5, 0.6) is 5.75 Å². The predicted octanol–water partition coefficient (Wildman–Crippen LogP) is 4.64. The molecule has 0 N–H and O–H groups in total. The van der Waals surface area contributed by atoms with Crippen LogP contribution in [0, 0.1) is 10.1 Å². The van der Waals surface area contributed by atoms with Crippen LogP contribution in [0.4, 0.5) is 5.69 Å². The molecule has 0 aliphatic carbocycles. The van der Waals surface area contributed by atoms with Gasteiger partial charge in [0.25, 0.3) is 0 Å². The van der Waals surface area contributed by atoms with Crippen molar-refractivity contribution in [3.05, 3.63) is 60.8 Å². The van der Waals surface area contributed by atoms with Crippen LogP contribution in [0.15, 0.2) is 34.9 Å². The molecule has 20 heavy (non-hydrogen) atoms. The highest BCUT2D eigenvalue weighted by molar-refractivity contribution is 9.10. The number of pyridine rings is 1. The third kappa shape index (κ3) is 3.39. The van der Waals surface area contributed by atoms with Crippen molar-refractivity contribution in [1.29, 1.82) is 0 Å². The van der Waals surface area contributed by atoms with E-state index in [1.54, 1.807) is 18.3 Å². The molecule has 104 valence electrons. The van der Waals surface area contributed by atoms with E-state index in [2.05, 4.69) is 20.9 Å². The lowest BCUT2D eigenvalue weighted by Crippen LogP contribution is -2.01. The Hall–Kier alpha value is -1.37. The van der Waals surface area contributed by atoms with Crippen molar-refractivity contribution in [2.24, 2.45) is 0 Å². The summed E-state index contributed by atoms with van der Waals surface area (Å²) in [7, 11) is 0. The maximum absolute atomic E-state index is 11.0. The molecule has 0 radical (unpaired) electrons. The summed E-state index contributed by atoms with van der Waals surface area (Å²) >= 11 is 14.9. The monoisotopic (exact) mass is 376 g/mol. The number of hydrogen-bond acceptors (Lipinski definition) is 4. The van der Waals surface area contributed by atoms with Crippen molar-refractivity contribution in [1.82, 2.24) is 4.98 Å². The van der Waals surface area contributed by atoms with Gasteiger partial charge >= 0.3 is 5.69 Å². The van der Waals surface area contributed by atoms with Crippen LogP contribution in [0.1, 0.15) is 5.56 Å². The Balaban J connectivity index is 2.30. The zero-order valence-electron chi connectivity index (χ0n) is 9.85. The number of nitro groups is 1. The highest BCUT2D eigenvalue weighted by atomic mass is 79.9. The van der Waals surface area contributed by atoms with Crippen LogP contribution in [0.25, 0.3) is 0 Å². The largest absolute Gasteiger partial charge is 0.481 e. The molecule has 0 atom stereocenters. The Labute approximate surface area is 132 Å². The number of aromatic nitrogens is 1. The normalized spacial score (nSPS) is 10.3. The molecule has 2 aromatic rings. The van der Waals surface area contributed by atoms with Gasteiger partial charge in [-0.05, 0) is 28.1 Å². The fourth-order valence-electron chi connectivity index (χ4n) is 1.50. The van der Waals surface area contributed by atoms with Gasteiger partial charge in [0.15, 0.2) is 0 Å². The SMILES string of the molecule is O=[N+]([O-])c1cc(Cl)cc(Br)c1OCc1cccnc1Cl. The van der Waals surface area contributed by atoms with Crippen LogP contribution >= 0.6 is 39.1 Å². The van der Waals surface area contributed by atoms with Gasteiger partial charge in [-0.25, -0.2) is 4.98 Å². The molecule has 0 saturated carbocycles. The number of hydrogen-bond donors (Lipinski definition) is 0.